The van der Waals surface area contributed by atoms with Crippen LogP contribution < -0.4 is 11.2 Å². The van der Waals surface area contributed by atoms with Crippen LogP contribution in [0.4, 0.5) is 5.69 Å². The molecule has 0 saturated carbocycles. The lowest BCUT2D eigenvalue weighted by atomic mass is 10.2. The van der Waals surface area contributed by atoms with E-state index in [2.05, 4.69) is 6.92 Å². The van der Waals surface area contributed by atoms with E-state index in [0.717, 1.165) is 25.3 Å². The van der Waals surface area contributed by atoms with Crippen molar-refractivity contribution in [2.75, 3.05) is 12.3 Å². The maximum absolute atomic E-state index is 11.9. The molecule has 0 amide bonds. The Hall–Kier alpha value is -2.30. The first-order chi connectivity index (χ1) is 9.61. The zero-order valence-corrected chi connectivity index (χ0v) is 11.3. The Kier molecular flexibility index (Phi) is 4.40. The number of hydrogen-bond acceptors (Lipinski definition) is 5. The Morgan fingerprint density at radius 2 is 2.10 bits per heavy atom. The second-order valence-corrected chi connectivity index (χ2v) is 4.57. The van der Waals surface area contributed by atoms with Crippen molar-refractivity contribution in [1.82, 2.24) is 0 Å². The second-order valence-electron chi connectivity index (χ2n) is 4.57. The number of hydrogen-bond donors (Lipinski definition) is 1. The first-order valence-electron chi connectivity index (χ1n) is 6.62. The molecule has 0 aliphatic carbocycles. The van der Waals surface area contributed by atoms with Crippen molar-refractivity contribution >= 4 is 22.6 Å². The number of ether oxygens (including phenoxy) is 1. The predicted molar refractivity (Wildman–Crippen MR) is 76.7 cm³/mol. The fourth-order valence-electron chi connectivity index (χ4n) is 1.86. The summed E-state index contributed by atoms with van der Waals surface area (Å²) in [5, 5.41) is 0.354. The number of anilines is 1. The van der Waals surface area contributed by atoms with Crippen LogP contribution in [-0.2, 0) is 4.74 Å². The first-order valence-corrected chi connectivity index (χ1v) is 6.62. The van der Waals surface area contributed by atoms with Crippen molar-refractivity contribution in [3.63, 3.8) is 0 Å². The van der Waals surface area contributed by atoms with Gasteiger partial charge in [-0.05, 0) is 24.6 Å². The number of unbranched alkanes of at least 4 members (excludes halogenated alkanes) is 2. The molecule has 2 N–H and O–H groups in total. The fourth-order valence-corrected chi connectivity index (χ4v) is 1.86. The predicted octanol–water partition coefficient (Wildman–Crippen LogP) is 2.72. The van der Waals surface area contributed by atoms with Crippen LogP contribution in [0.5, 0.6) is 0 Å². The third kappa shape index (κ3) is 3.17. The molecule has 1 aromatic carbocycles. The van der Waals surface area contributed by atoms with E-state index in [-0.39, 0.29) is 11.2 Å². The number of carbonyl (C=O) groups is 1. The summed E-state index contributed by atoms with van der Waals surface area (Å²) in [5.74, 6) is -0.694. The Balaban J connectivity index is 2.21. The van der Waals surface area contributed by atoms with E-state index in [1.165, 1.54) is 6.07 Å². The van der Waals surface area contributed by atoms with E-state index in [4.69, 9.17) is 14.9 Å². The summed E-state index contributed by atoms with van der Waals surface area (Å²) in [6.07, 6.45) is 2.84. The van der Waals surface area contributed by atoms with Gasteiger partial charge in [-0.3, -0.25) is 4.79 Å². The molecular weight excluding hydrogens is 258 g/mol. The standard InChI is InChI=1S/C15H17NO4/c1-2-3-4-7-19-15(18)14-9-12(17)11-8-10(16)5-6-13(11)20-14/h5-6,8-9H,2-4,7,16H2,1H3. The number of benzene rings is 1. The molecule has 5 nitrogen and oxygen atoms in total. The van der Waals surface area contributed by atoms with E-state index < -0.39 is 5.97 Å². The van der Waals surface area contributed by atoms with E-state index >= 15 is 0 Å². The first kappa shape index (κ1) is 14.1. The van der Waals surface area contributed by atoms with Gasteiger partial charge in [0.05, 0.1) is 12.0 Å². The van der Waals surface area contributed by atoms with Gasteiger partial charge in [0, 0.05) is 11.8 Å². The zero-order valence-electron chi connectivity index (χ0n) is 11.3. The van der Waals surface area contributed by atoms with Gasteiger partial charge >= 0.3 is 5.97 Å². The van der Waals surface area contributed by atoms with Gasteiger partial charge in [0.15, 0.2) is 5.43 Å². The summed E-state index contributed by atoms with van der Waals surface area (Å²) in [6, 6.07) is 5.85. The second kappa shape index (κ2) is 6.23. The van der Waals surface area contributed by atoms with Crippen molar-refractivity contribution in [3.05, 3.63) is 40.2 Å². The molecule has 20 heavy (non-hydrogen) atoms. The topological polar surface area (TPSA) is 82.5 Å². The monoisotopic (exact) mass is 275 g/mol. The van der Waals surface area contributed by atoms with Crippen LogP contribution in [-0.4, -0.2) is 12.6 Å². The van der Waals surface area contributed by atoms with Crippen LogP contribution >= 0.6 is 0 Å². The van der Waals surface area contributed by atoms with E-state index in [0.29, 0.717) is 23.3 Å². The number of nitrogen functional groups attached to an aromatic ring is 1. The van der Waals surface area contributed by atoms with Crippen molar-refractivity contribution < 1.29 is 13.9 Å². The summed E-state index contributed by atoms with van der Waals surface area (Å²) in [5.41, 5.74) is 6.10. The van der Waals surface area contributed by atoms with E-state index in [1.807, 2.05) is 0 Å². The average Bonchev–Trinajstić information content (AvgIpc) is 2.44. The molecule has 0 aliphatic heterocycles. The van der Waals surface area contributed by atoms with E-state index in [1.54, 1.807) is 12.1 Å². The minimum absolute atomic E-state index is 0.0798. The van der Waals surface area contributed by atoms with Crippen LogP contribution in [0.1, 0.15) is 36.7 Å². The Morgan fingerprint density at radius 3 is 2.85 bits per heavy atom. The molecule has 0 saturated heterocycles. The molecule has 1 aromatic heterocycles. The number of esters is 1. The maximum Gasteiger partial charge on any atom is 0.374 e. The Labute approximate surface area is 116 Å². The van der Waals surface area contributed by atoms with Crippen LogP contribution in [0.15, 0.2) is 33.5 Å². The van der Waals surface area contributed by atoms with Gasteiger partial charge in [-0.2, -0.15) is 0 Å². The minimum atomic E-state index is -0.614. The Bertz CT molecular complexity index is 675. The molecule has 0 atom stereocenters. The van der Waals surface area contributed by atoms with Crippen LogP contribution in [0, 0.1) is 0 Å². The lowest BCUT2D eigenvalue weighted by molar-refractivity contribution is 0.0462. The summed E-state index contributed by atoms with van der Waals surface area (Å²) in [4.78, 5) is 23.7. The average molecular weight is 275 g/mol. The van der Waals surface area contributed by atoms with E-state index in [9.17, 15) is 9.59 Å². The molecule has 2 rings (SSSR count). The molecule has 1 heterocycles. The fraction of sp³-hybridized carbons (Fsp3) is 0.333. The third-order valence-electron chi connectivity index (χ3n) is 2.93. The molecular formula is C15H17NO4. The molecule has 0 unspecified atom stereocenters. The van der Waals surface area contributed by atoms with Crippen LogP contribution in [0.3, 0.4) is 0 Å². The van der Waals surface area contributed by atoms with Gasteiger partial charge in [-0.15, -0.1) is 0 Å². The molecule has 0 spiro atoms. The SMILES string of the molecule is CCCCCOC(=O)c1cc(=O)c2cc(N)ccc2o1. The summed E-state index contributed by atoms with van der Waals surface area (Å²) in [7, 11) is 0. The van der Waals surface area contributed by atoms with Gasteiger partial charge in [0.2, 0.25) is 5.76 Å². The van der Waals surface area contributed by atoms with Gasteiger partial charge in [0.1, 0.15) is 5.58 Å². The summed E-state index contributed by atoms with van der Waals surface area (Å²) in [6.45, 7) is 2.39. The lowest BCUT2D eigenvalue weighted by Crippen LogP contribution is -2.11. The maximum atomic E-state index is 11.9. The van der Waals surface area contributed by atoms with Crippen molar-refractivity contribution in [2.45, 2.75) is 26.2 Å². The molecule has 2 aromatic rings. The largest absolute Gasteiger partial charge is 0.460 e. The number of fused-ring (bicyclic) bond motifs is 1. The highest BCUT2D eigenvalue weighted by molar-refractivity contribution is 5.89. The zero-order chi connectivity index (χ0) is 14.5. The van der Waals surface area contributed by atoms with Gasteiger partial charge < -0.3 is 14.9 Å². The van der Waals surface area contributed by atoms with Crippen molar-refractivity contribution in [3.8, 4) is 0 Å². The molecule has 106 valence electrons. The van der Waals surface area contributed by atoms with Gasteiger partial charge in [-0.1, -0.05) is 19.8 Å². The normalized spacial score (nSPS) is 10.7. The highest BCUT2D eigenvalue weighted by Crippen LogP contribution is 2.16. The van der Waals surface area contributed by atoms with Gasteiger partial charge in [0.25, 0.3) is 0 Å². The number of nitrogens with two attached hydrogens (primary N) is 1. The third-order valence-corrected chi connectivity index (χ3v) is 2.93. The van der Waals surface area contributed by atoms with Crippen molar-refractivity contribution in [2.24, 2.45) is 0 Å². The number of rotatable bonds is 5. The molecule has 0 aliphatic rings. The quantitative estimate of drug-likeness (QED) is 0.515. The highest BCUT2D eigenvalue weighted by atomic mass is 16.5. The highest BCUT2D eigenvalue weighted by Gasteiger charge is 2.13. The Morgan fingerprint density at radius 1 is 1.30 bits per heavy atom. The van der Waals surface area contributed by atoms with Crippen LogP contribution in [0.2, 0.25) is 0 Å². The molecule has 0 fully saturated rings. The molecule has 5 heteroatoms. The van der Waals surface area contributed by atoms with Crippen molar-refractivity contribution in [1.29, 1.82) is 0 Å². The lowest BCUT2D eigenvalue weighted by Gasteiger charge is -2.05. The van der Waals surface area contributed by atoms with Crippen LogP contribution in [0.25, 0.3) is 11.0 Å². The summed E-state index contributed by atoms with van der Waals surface area (Å²) >= 11 is 0. The summed E-state index contributed by atoms with van der Waals surface area (Å²) < 4.78 is 10.4. The minimum Gasteiger partial charge on any atom is -0.460 e. The molecule has 0 radical (unpaired) electrons. The molecule has 0 bridgehead atoms. The number of carbonyl (C=O) groups excluding carboxylic acids is 1. The smallest absolute Gasteiger partial charge is 0.374 e. The van der Waals surface area contributed by atoms with Gasteiger partial charge in [-0.25, -0.2) is 4.79 Å².